The summed E-state index contributed by atoms with van der Waals surface area (Å²) in [5, 5.41) is 6.77. The van der Waals surface area contributed by atoms with E-state index in [4.69, 9.17) is 0 Å². The monoisotopic (exact) mass is 479 g/mol. The highest BCUT2D eigenvalue weighted by molar-refractivity contribution is 14.0. The maximum absolute atomic E-state index is 11.5. The summed E-state index contributed by atoms with van der Waals surface area (Å²) >= 11 is 0. The van der Waals surface area contributed by atoms with E-state index in [0.29, 0.717) is 10.3 Å². The molecule has 0 saturated heterocycles. The molecule has 0 bridgehead atoms. The molecule has 0 radical (unpaired) electrons. The maximum Gasteiger partial charge on any atom is 0.191 e. The van der Waals surface area contributed by atoms with E-state index in [9.17, 15) is 8.42 Å². The van der Waals surface area contributed by atoms with Crippen molar-refractivity contribution in [2.75, 3.05) is 26.4 Å². The quantitative estimate of drug-likeness (QED) is 0.359. The zero-order chi connectivity index (χ0) is 17.6. The van der Waals surface area contributed by atoms with Crippen molar-refractivity contribution in [3.8, 4) is 0 Å². The zero-order valence-corrected chi connectivity index (χ0v) is 18.5. The molecule has 0 aliphatic heterocycles. The van der Waals surface area contributed by atoms with Crippen molar-refractivity contribution in [2.24, 2.45) is 10.4 Å². The van der Waals surface area contributed by atoms with Gasteiger partial charge in [-0.15, -0.1) is 24.0 Å². The molecular formula is C18H30IN3O2S. The predicted octanol–water partition coefficient (Wildman–Crippen LogP) is 3.00. The first-order valence-corrected chi connectivity index (χ1v) is 10.5. The summed E-state index contributed by atoms with van der Waals surface area (Å²) in [5.41, 5.74) is 1.56. The number of aliphatic imine (C=N–C) groups is 1. The molecule has 0 amide bonds. The van der Waals surface area contributed by atoms with Crippen LogP contribution >= 0.6 is 24.0 Å². The van der Waals surface area contributed by atoms with E-state index >= 15 is 0 Å². The van der Waals surface area contributed by atoms with Gasteiger partial charge in [0.2, 0.25) is 0 Å². The number of benzene rings is 1. The number of halogens is 1. The Hall–Kier alpha value is -0.830. The molecule has 2 N–H and O–H groups in total. The lowest BCUT2D eigenvalue weighted by Crippen LogP contribution is -2.46. The lowest BCUT2D eigenvalue weighted by Gasteiger charge is -2.41. The van der Waals surface area contributed by atoms with Crippen LogP contribution in [0.3, 0.4) is 0 Å². The predicted molar refractivity (Wildman–Crippen MR) is 115 cm³/mol. The Bertz CT molecular complexity index is 663. The van der Waals surface area contributed by atoms with Crippen LogP contribution in [0.4, 0.5) is 0 Å². The summed E-state index contributed by atoms with van der Waals surface area (Å²) in [6, 6.07) is 7.07. The highest BCUT2D eigenvalue weighted by atomic mass is 127. The Morgan fingerprint density at radius 2 is 1.84 bits per heavy atom. The summed E-state index contributed by atoms with van der Waals surface area (Å²) in [6.45, 7) is 4.00. The molecule has 0 heterocycles. The van der Waals surface area contributed by atoms with Crippen molar-refractivity contribution in [3.63, 3.8) is 0 Å². The average molecular weight is 479 g/mol. The highest BCUT2D eigenvalue weighted by Crippen LogP contribution is 2.42. The molecule has 0 aromatic heterocycles. The van der Waals surface area contributed by atoms with Crippen LogP contribution in [0.15, 0.2) is 34.2 Å². The van der Waals surface area contributed by atoms with E-state index in [1.807, 2.05) is 12.1 Å². The van der Waals surface area contributed by atoms with Crippen LogP contribution in [-0.2, 0) is 16.3 Å². The van der Waals surface area contributed by atoms with Gasteiger partial charge in [-0.25, -0.2) is 8.42 Å². The maximum atomic E-state index is 11.5. The summed E-state index contributed by atoms with van der Waals surface area (Å²) in [7, 11) is -1.34. The van der Waals surface area contributed by atoms with E-state index in [1.54, 1.807) is 19.2 Å². The molecule has 1 saturated carbocycles. The lowest BCUT2D eigenvalue weighted by atomic mass is 9.67. The van der Waals surface area contributed by atoms with E-state index in [1.165, 1.54) is 31.9 Å². The zero-order valence-electron chi connectivity index (χ0n) is 15.3. The van der Waals surface area contributed by atoms with Crippen LogP contribution in [0.25, 0.3) is 0 Å². The number of hydrogen-bond acceptors (Lipinski definition) is 3. The summed E-state index contributed by atoms with van der Waals surface area (Å²) in [5.74, 6) is 0.836. The lowest BCUT2D eigenvalue weighted by molar-refractivity contribution is 0.131. The third-order valence-corrected chi connectivity index (χ3v) is 6.20. The Kier molecular flexibility index (Phi) is 8.67. The number of guanidine groups is 1. The second kappa shape index (κ2) is 9.75. The van der Waals surface area contributed by atoms with Gasteiger partial charge in [0.1, 0.15) is 0 Å². The van der Waals surface area contributed by atoms with Gasteiger partial charge in [0.15, 0.2) is 15.8 Å². The first kappa shape index (κ1) is 22.2. The highest BCUT2D eigenvalue weighted by Gasteiger charge is 2.34. The van der Waals surface area contributed by atoms with Crippen LogP contribution in [-0.4, -0.2) is 40.8 Å². The van der Waals surface area contributed by atoms with Gasteiger partial charge in [0.05, 0.1) is 4.90 Å². The summed E-state index contributed by atoms with van der Waals surface area (Å²) in [6.07, 6.45) is 7.21. The van der Waals surface area contributed by atoms with Gasteiger partial charge in [-0.2, -0.15) is 0 Å². The Labute approximate surface area is 169 Å². The Balaban J connectivity index is 0.00000312. The molecule has 5 nitrogen and oxygen atoms in total. The van der Waals surface area contributed by atoms with E-state index < -0.39 is 9.84 Å². The van der Waals surface area contributed by atoms with E-state index in [2.05, 4.69) is 22.5 Å². The van der Waals surface area contributed by atoms with Crippen molar-refractivity contribution in [1.82, 2.24) is 10.6 Å². The fourth-order valence-corrected chi connectivity index (χ4v) is 3.68. The van der Waals surface area contributed by atoms with E-state index in [0.717, 1.165) is 31.0 Å². The molecule has 1 aliphatic rings. The molecular weight excluding hydrogens is 449 g/mol. The number of nitrogens with zero attached hydrogens (tertiary/aromatic N) is 1. The number of hydrogen-bond donors (Lipinski definition) is 2. The molecule has 7 heteroatoms. The van der Waals surface area contributed by atoms with Crippen LogP contribution < -0.4 is 10.6 Å². The largest absolute Gasteiger partial charge is 0.356 e. The molecule has 142 valence electrons. The molecule has 1 fully saturated rings. The molecule has 1 aromatic rings. The number of nitrogens with one attached hydrogen (secondary N) is 2. The first-order chi connectivity index (χ1) is 11.4. The minimum absolute atomic E-state index is 0. The molecule has 25 heavy (non-hydrogen) atoms. The van der Waals surface area contributed by atoms with Gasteiger partial charge >= 0.3 is 0 Å². The topological polar surface area (TPSA) is 70.6 Å². The fourth-order valence-electron chi connectivity index (χ4n) is 3.05. The van der Waals surface area contributed by atoms with Crippen LogP contribution in [0, 0.1) is 5.41 Å². The molecule has 2 rings (SSSR count). The van der Waals surface area contributed by atoms with Crippen molar-refractivity contribution in [3.05, 3.63) is 29.8 Å². The Morgan fingerprint density at radius 3 is 2.28 bits per heavy atom. The van der Waals surface area contributed by atoms with Crippen LogP contribution in [0.5, 0.6) is 0 Å². The molecule has 0 atom stereocenters. The minimum atomic E-state index is -3.12. The van der Waals surface area contributed by atoms with Crippen molar-refractivity contribution >= 4 is 39.8 Å². The molecule has 1 aliphatic carbocycles. The van der Waals surface area contributed by atoms with Crippen molar-refractivity contribution < 1.29 is 8.42 Å². The minimum Gasteiger partial charge on any atom is -0.356 e. The smallest absolute Gasteiger partial charge is 0.191 e. The Morgan fingerprint density at radius 1 is 1.20 bits per heavy atom. The molecule has 0 spiro atoms. The van der Waals surface area contributed by atoms with Gasteiger partial charge in [0, 0.05) is 26.4 Å². The normalized spacial score (nSPS) is 16.5. The summed E-state index contributed by atoms with van der Waals surface area (Å²) < 4.78 is 22.9. The van der Waals surface area contributed by atoms with Crippen molar-refractivity contribution in [1.29, 1.82) is 0 Å². The standard InChI is InChI=1S/C18H29N3O2S.HI/c1-4-18(11-5-12-18)14-21-17(19-2)20-13-10-15-6-8-16(9-7-15)24(3,22)23;/h6-9H,4-5,10-14H2,1-3H3,(H2,19,20,21);1H. The van der Waals surface area contributed by atoms with Gasteiger partial charge < -0.3 is 10.6 Å². The van der Waals surface area contributed by atoms with Crippen LogP contribution in [0.1, 0.15) is 38.2 Å². The molecule has 1 aromatic carbocycles. The third kappa shape index (κ3) is 6.44. The van der Waals surface area contributed by atoms with Gasteiger partial charge in [-0.05, 0) is 48.8 Å². The van der Waals surface area contributed by atoms with Gasteiger partial charge in [-0.3, -0.25) is 4.99 Å². The second-order valence-corrected chi connectivity index (χ2v) is 8.74. The van der Waals surface area contributed by atoms with Crippen molar-refractivity contribution in [2.45, 2.75) is 43.9 Å². The average Bonchev–Trinajstić information content (AvgIpc) is 2.52. The molecule has 0 unspecified atom stereocenters. The second-order valence-electron chi connectivity index (χ2n) is 6.73. The SMILES string of the molecule is CCC1(CNC(=NC)NCCc2ccc(S(C)(=O)=O)cc2)CCC1.I. The van der Waals surface area contributed by atoms with Gasteiger partial charge in [0.25, 0.3) is 0 Å². The fraction of sp³-hybridized carbons (Fsp3) is 0.611. The van der Waals surface area contributed by atoms with Gasteiger partial charge in [-0.1, -0.05) is 25.5 Å². The number of sulfone groups is 1. The van der Waals surface area contributed by atoms with E-state index in [-0.39, 0.29) is 24.0 Å². The summed E-state index contributed by atoms with van der Waals surface area (Å²) in [4.78, 5) is 4.64. The number of rotatable bonds is 7. The van der Waals surface area contributed by atoms with Crippen LogP contribution in [0.2, 0.25) is 0 Å². The third-order valence-electron chi connectivity index (χ3n) is 5.08. The first-order valence-electron chi connectivity index (χ1n) is 8.62.